The third kappa shape index (κ3) is 4.26. The Balaban J connectivity index is 1.91. The number of esters is 1. The van der Waals surface area contributed by atoms with Crippen LogP contribution < -0.4 is 0 Å². The first kappa shape index (κ1) is 18.1. The van der Waals surface area contributed by atoms with Crippen molar-refractivity contribution in [1.29, 1.82) is 0 Å². The van der Waals surface area contributed by atoms with Crippen LogP contribution >= 0.6 is 0 Å². The molecule has 0 spiro atoms. The van der Waals surface area contributed by atoms with E-state index in [1.165, 1.54) is 12.7 Å². The number of phenolic OH excluding ortho intramolecular Hbond substituents is 2. The van der Waals surface area contributed by atoms with E-state index >= 15 is 0 Å². The molecule has 0 amide bonds. The Labute approximate surface area is 153 Å². The lowest BCUT2D eigenvalue weighted by atomic mass is 9.79. The highest BCUT2D eigenvalue weighted by atomic mass is 16.5. The maximum Gasteiger partial charge on any atom is 0.305 e. The van der Waals surface area contributed by atoms with Gasteiger partial charge in [-0.05, 0) is 72.6 Å². The highest BCUT2D eigenvalue weighted by Gasteiger charge is 2.23. The summed E-state index contributed by atoms with van der Waals surface area (Å²) in [6.07, 6.45) is 4.27. The molecule has 136 valence electrons. The van der Waals surface area contributed by atoms with Crippen LogP contribution in [0.2, 0.25) is 0 Å². The average Bonchev–Trinajstić information content (AvgIpc) is 2.66. The van der Waals surface area contributed by atoms with Gasteiger partial charge in [-0.1, -0.05) is 29.8 Å². The van der Waals surface area contributed by atoms with Crippen molar-refractivity contribution in [2.45, 2.75) is 32.1 Å². The van der Waals surface area contributed by atoms with E-state index in [1.807, 2.05) is 24.3 Å². The highest BCUT2D eigenvalue weighted by Crippen LogP contribution is 2.38. The number of carbonyl (C=O) groups excluding carboxylic acids is 1. The second-order valence-electron chi connectivity index (χ2n) is 6.80. The first-order chi connectivity index (χ1) is 12.6. The van der Waals surface area contributed by atoms with Crippen molar-refractivity contribution in [2.24, 2.45) is 5.92 Å². The van der Waals surface area contributed by atoms with Gasteiger partial charge in [0.25, 0.3) is 0 Å². The van der Waals surface area contributed by atoms with E-state index in [4.69, 9.17) is 4.74 Å². The SMILES string of the molecule is [11CH3]OC(=O)CC1CCC(=C(c2ccc(O)cc2)c2ccc(O)cc2)CC1. The molecule has 1 fully saturated rings. The molecule has 0 bridgehead atoms. The molecule has 0 radical (unpaired) electrons. The fraction of sp³-hybridized carbons (Fsp3) is 0.318. The number of ether oxygens (including phenoxy) is 1. The van der Waals surface area contributed by atoms with Crippen molar-refractivity contribution in [3.05, 3.63) is 65.2 Å². The molecule has 0 heterocycles. The minimum atomic E-state index is -0.139. The molecule has 1 aliphatic carbocycles. The quantitative estimate of drug-likeness (QED) is 0.787. The van der Waals surface area contributed by atoms with Gasteiger partial charge in [-0.2, -0.15) is 0 Å². The van der Waals surface area contributed by atoms with Crippen LogP contribution in [0.1, 0.15) is 43.2 Å². The van der Waals surface area contributed by atoms with E-state index in [2.05, 4.69) is 0 Å². The van der Waals surface area contributed by atoms with Crippen molar-refractivity contribution >= 4 is 11.5 Å². The van der Waals surface area contributed by atoms with Crippen LogP contribution in [0.15, 0.2) is 54.1 Å². The fourth-order valence-corrected chi connectivity index (χ4v) is 3.63. The molecule has 0 saturated heterocycles. The first-order valence-electron chi connectivity index (χ1n) is 8.94. The summed E-state index contributed by atoms with van der Waals surface area (Å²) in [7, 11) is 1.43. The summed E-state index contributed by atoms with van der Waals surface area (Å²) in [6, 6.07) is 14.5. The average molecular weight is 351 g/mol. The third-order valence-electron chi connectivity index (χ3n) is 5.06. The van der Waals surface area contributed by atoms with E-state index in [9.17, 15) is 15.0 Å². The molecule has 0 atom stereocenters. The summed E-state index contributed by atoms with van der Waals surface area (Å²) in [5, 5.41) is 19.2. The number of carbonyl (C=O) groups is 1. The van der Waals surface area contributed by atoms with Gasteiger partial charge < -0.3 is 14.9 Å². The number of methoxy groups -OCH3 is 1. The molecule has 2 aromatic carbocycles. The smallest absolute Gasteiger partial charge is 0.305 e. The van der Waals surface area contributed by atoms with Crippen molar-refractivity contribution in [3.63, 3.8) is 0 Å². The Morgan fingerprint density at radius 2 is 1.38 bits per heavy atom. The molecular weight excluding hydrogens is 327 g/mol. The van der Waals surface area contributed by atoms with E-state index in [-0.39, 0.29) is 17.5 Å². The summed E-state index contributed by atoms with van der Waals surface area (Å²) in [4.78, 5) is 11.5. The van der Waals surface area contributed by atoms with Gasteiger partial charge in [-0.15, -0.1) is 0 Å². The Morgan fingerprint density at radius 3 is 1.81 bits per heavy atom. The molecule has 26 heavy (non-hydrogen) atoms. The van der Waals surface area contributed by atoms with Gasteiger partial charge in [-0.25, -0.2) is 0 Å². The zero-order valence-electron chi connectivity index (χ0n) is 14.9. The van der Waals surface area contributed by atoms with Crippen molar-refractivity contribution in [2.75, 3.05) is 7.11 Å². The zero-order chi connectivity index (χ0) is 18.5. The Hall–Kier alpha value is -2.75. The monoisotopic (exact) mass is 351 g/mol. The topological polar surface area (TPSA) is 66.8 Å². The molecule has 0 aromatic heterocycles. The number of benzene rings is 2. The highest BCUT2D eigenvalue weighted by molar-refractivity contribution is 5.82. The molecule has 0 aliphatic heterocycles. The van der Waals surface area contributed by atoms with Crippen molar-refractivity contribution in [3.8, 4) is 11.5 Å². The summed E-state index contributed by atoms with van der Waals surface area (Å²) >= 11 is 0. The van der Waals surface area contributed by atoms with Crippen LogP contribution in [0.25, 0.3) is 5.57 Å². The standard InChI is InChI=1S/C22H24O4/c1-26-21(25)14-15-2-4-16(5-3-15)22(17-6-10-19(23)11-7-17)18-8-12-20(24)13-9-18/h6-13,15,23-24H,2-5,14H2,1H3/i1-1. The fourth-order valence-electron chi connectivity index (χ4n) is 3.63. The lowest BCUT2D eigenvalue weighted by Crippen LogP contribution is -2.15. The second-order valence-corrected chi connectivity index (χ2v) is 6.80. The van der Waals surface area contributed by atoms with Gasteiger partial charge in [0, 0.05) is 6.42 Å². The molecule has 4 nitrogen and oxygen atoms in total. The maximum atomic E-state index is 11.5. The largest absolute Gasteiger partial charge is 0.508 e. The van der Waals surface area contributed by atoms with Crippen LogP contribution in [0.4, 0.5) is 0 Å². The van der Waals surface area contributed by atoms with Crippen LogP contribution in [0, 0.1) is 5.92 Å². The number of hydrogen-bond acceptors (Lipinski definition) is 4. The van der Waals surface area contributed by atoms with Gasteiger partial charge in [-0.3, -0.25) is 4.79 Å². The minimum Gasteiger partial charge on any atom is -0.508 e. The Bertz CT molecular complexity index is 730. The molecule has 2 aromatic rings. The molecular formula is C22H24O4. The minimum absolute atomic E-state index is 0.139. The number of rotatable bonds is 4. The van der Waals surface area contributed by atoms with Crippen LogP contribution in [-0.4, -0.2) is 23.3 Å². The number of aromatic hydroxyl groups is 2. The maximum absolute atomic E-state index is 11.5. The molecule has 3 rings (SSSR count). The summed E-state index contributed by atoms with van der Waals surface area (Å²) in [5.41, 5.74) is 4.61. The van der Waals surface area contributed by atoms with Crippen LogP contribution in [0.5, 0.6) is 11.5 Å². The molecule has 2 N–H and O–H groups in total. The normalized spacial score (nSPS) is 17.0. The molecule has 1 saturated carbocycles. The lowest BCUT2D eigenvalue weighted by Gasteiger charge is -2.26. The summed E-state index contributed by atoms with van der Waals surface area (Å²) < 4.78 is 4.79. The number of allylic oxidation sites excluding steroid dienone is 1. The summed E-state index contributed by atoms with van der Waals surface area (Å²) in [6.45, 7) is 0. The number of hydrogen-bond donors (Lipinski definition) is 2. The van der Waals surface area contributed by atoms with Gasteiger partial charge in [0.05, 0.1) is 7.11 Å². The van der Waals surface area contributed by atoms with E-state index in [0.717, 1.165) is 42.4 Å². The second kappa shape index (κ2) is 8.09. The summed E-state index contributed by atoms with van der Waals surface area (Å²) in [5.74, 6) is 0.711. The van der Waals surface area contributed by atoms with E-state index < -0.39 is 0 Å². The van der Waals surface area contributed by atoms with E-state index in [1.54, 1.807) is 24.3 Å². The van der Waals surface area contributed by atoms with Gasteiger partial charge in [0.1, 0.15) is 11.5 Å². The van der Waals surface area contributed by atoms with Crippen molar-refractivity contribution < 1.29 is 19.7 Å². The molecule has 0 unspecified atom stereocenters. The van der Waals surface area contributed by atoms with E-state index in [0.29, 0.717) is 12.3 Å². The van der Waals surface area contributed by atoms with Crippen LogP contribution in [0.3, 0.4) is 0 Å². The van der Waals surface area contributed by atoms with Crippen LogP contribution in [-0.2, 0) is 9.53 Å². The Morgan fingerprint density at radius 1 is 0.923 bits per heavy atom. The zero-order valence-corrected chi connectivity index (χ0v) is 14.9. The van der Waals surface area contributed by atoms with Gasteiger partial charge in [0.2, 0.25) is 0 Å². The third-order valence-corrected chi connectivity index (χ3v) is 5.06. The number of phenols is 2. The van der Waals surface area contributed by atoms with Gasteiger partial charge in [0.15, 0.2) is 0 Å². The molecule has 4 heteroatoms. The predicted octanol–water partition coefficient (Wildman–Crippen LogP) is 4.65. The van der Waals surface area contributed by atoms with Crippen molar-refractivity contribution in [1.82, 2.24) is 0 Å². The lowest BCUT2D eigenvalue weighted by molar-refractivity contribution is -0.141. The molecule has 1 aliphatic rings. The van der Waals surface area contributed by atoms with Gasteiger partial charge >= 0.3 is 5.97 Å². The Kier molecular flexibility index (Phi) is 5.61. The first-order valence-corrected chi connectivity index (χ1v) is 8.94. The predicted molar refractivity (Wildman–Crippen MR) is 101 cm³/mol.